The van der Waals surface area contributed by atoms with Crippen LogP contribution in [0.4, 0.5) is 0 Å². The number of halogens is 1. The average molecular weight is 220 g/mol. The Morgan fingerprint density at radius 2 is 2.60 bits per heavy atom. The van der Waals surface area contributed by atoms with E-state index in [1.807, 2.05) is 11.7 Å². The average Bonchev–Trinajstić information content (AvgIpc) is 2.40. The van der Waals surface area contributed by atoms with E-state index in [9.17, 15) is 0 Å². The Bertz CT molecular complexity index is 174. The molecule has 56 valence electrons. The van der Waals surface area contributed by atoms with Gasteiger partial charge in [0, 0.05) is 16.4 Å². The van der Waals surface area contributed by atoms with Crippen molar-refractivity contribution in [1.82, 2.24) is 4.98 Å². The molecule has 0 aliphatic rings. The molecule has 0 fully saturated rings. The SMILES string of the molecule is CC(CBr)Cc1cncs1. The van der Waals surface area contributed by atoms with Crippen LogP contribution in [0.5, 0.6) is 0 Å². The minimum Gasteiger partial charge on any atom is -0.253 e. The first-order chi connectivity index (χ1) is 4.83. The molecule has 0 aromatic carbocycles. The second-order valence-electron chi connectivity index (χ2n) is 2.43. The van der Waals surface area contributed by atoms with Crippen molar-refractivity contribution < 1.29 is 0 Å². The van der Waals surface area contributed by atoms with Crippen molar-refractivity contribution in [3.63, 3.8) is 0 Å². The molecule has 1 atom stereocenters. The lowest BCUT2D eigenvalue weighted by Crippen LogP contribution is -1.98. The predicted molar refractivity (Wildman–Crippen MR) is 48.8 cm³/mol. The molecule has 1 aromatic heterocycles. The molecule has 0 amide bonds. The van der Waals surface area contributed by atoms with Gasteiger partial charge >= 0.3 is 0 Å². The first kappa shape index (κ1) is 8.21. The molecule has 1 nitrogen and oxygen atoms in total. The molecule has 0 radical (unpaired) electrons. The Balaban J connectivity index is 2.40. The molecule has 0 aliphatic heterocycles. The van der Waals surface area contributed by atoms with Crippen LogP contribution in [0.15, 0.2) is 11.7 Å². The van der Waals surface area contributed by atoms with Gasteiger partial charge in [0.25, 0.3) is 0 Å². The van der Waals surface area contributed by atoms with Crippen LogP contribution in [0.3, 0.4) is 0 Å². The molecule has 0 spiro atoms. The Labute approximate surface area is 73.6 Å². The minimum absolute atomic E-state index is 0.723. The van der Waals surface area contributed by atoms with Gasteiger partial charge < -0.3 is 0 Å². The molecule has 3 heteroatoms. The summed E-state index contributed by atoms with van der Waals surface area (Å²) in [5.74, 6) is 0.723. The van der Waals surface area contributed by atoms with Crippen LogP contribution in [0.1, 0.15) is 11.8 Å². The van der Waals surface area contributed by atoms with Crippen molar-refractivity contribution in [3.8, 4) is 0 Å². The third kappa shape index (κ3) is 2.39. The lowest BCUT2D eigenvalue weighted by atomic mass is 10.1. The van der Waals surface area contributed by atoms with E-state index in [1.165, 1.54) is 4.88 Å². The van der Waals surface area contributed by atoms with Crippen LogP contribution in [-0.4, -0.2) is 10.3 Å². The number of hydrogen-bond acceptors (Lipinski definition) is 2. The fourth-order valence-electron chi connectivity index (χ4n) is 0.741. The van der Waals surface area contributed by atoms with Crippen LogP contribution >= 0.6 is 27.3 Å². The number of nitrogens with zero attached hydrogens (tertiary/aromatic N) is 1. The van der Waals surface area contributed by atoms with Crippen molar-refractivity contribution in [1.29, 1.82) is 0 Å². The van der Waals surface area contributed by atoms with Gasteiger partial charge in [0.15, 0.2) is 0 Å². The van der Waals surface area contributed by atoms with Crippen molar-refractivity contribution in [2.24, 2.45) is 5.92 Å². The summed E-state index contributed by atoms with van der Waals surface area (Å²) in [5, 5.41) is 1.07. The number of thiazole rings is 1. The van der Waals surface area contributed by atoms with Gasteiger partial charge in [0.2, 0.25) is 0 Å². The van der Waals surface area contributed by atoms with Gasteiger partial charge in [-0.1, -0.05) is 22.9 Å². The van der Waals surface area contributed by atoms with Crippen LogP contribution < -0.4 is 0 Å². The molecule has 1 rings (SSSR count). The third-order valence-electron chi connectivity index (χ3n) is 1.30. The van der Waals surface area contributed by atoms with E-state index in [-0.39, 0.29) is 0 Å². The van der Waals surface area contributed by atoms with Crippen LogP contribution in [0, 0.1) is 5.92 Å². The molecule has 0 bridgehead atoms. The molecular formula is C7H10BrNS. The molecule has 0 saturated carbocycles. The normalized spacial score (nSPS) is 13.4. The summed E-state index contributed by atoms with van der Waals surface area (Å²) in [6.45, 7) is 2.23. The fraction of sp³-hybridized carbons (Fsp3) is 0.571. The number of hydrogen-bond donors (Lipinski definition) is 0. The fourth-order valence-corrected chi connectivity index (χ4v) is 1.73. The van der Waals surface area contributed by atoms with Gasteiger partial charge in [-0.3, -0.25) is 4.98 Å². The highest BCUT2D eigenvalue weighted by Gasteiger charge is 2.01. The molecule has 0 N–H and O–H groups in total. The van der Waals surface area contributed by atoms with E-state index in [1.54, 1.807) is 11.3 Å². The van der Waals surface area contributed by atoms with Crippen molar-refractivity contribution >= 4 is 27.3 Å². The van der Waals surface area contributed by atoms with Gasteiger partial charge in [0.05, 0.1) is 5.51 Å². The van der Waals surface area contributed by atoms with Gasteiger partial charge in [-0.05, 0) is 12.3 Å². The predicted octanol–water partition coefficient (Wildman–Crippen LogP) is 2.72. The van der Waals surface area contributed by atoms with Crippen LogP contribution in [-0.2, 0) is 6.42 Å². The Kier molecular flexibility index (Phi) is 3.35. The van der Waals surface area contributed by atoms with Gasteiger partial charge in [-0.2, -0.15) is 0 Å². The smallest absolute Gasteiger partial charge is 0.0794 e. The minimum atomic E-state index is 0.723. The first-order valence-electron chi connectivity index (χ1n) is 3.26. The van der Waals surface area contributed by atoms with Gasteiger partial charge in [-0.25, -0.2) is 0 Å². The van der Waals surface area contributed by atoms with E-state index in [2.05, 4.69) is 27.8 Å². The zero-order chi connectivity index (χ0) is 7.40. The summed E-state index contributed by atoms with van der Waals surface area (Å²) in [6.07, 6.45) is 3.10. The van der Waals surface area contributed by atoms with E-state index < -0.39 is 0 Å². The lowest BCUT2D eigenvalue weighted by molar-refractivity contribution is 0.670. The summed E-state index contributed by atoms with van der Waals surface area (Å²) >= 11 is 5.18. The standard InChI is InChI=1S/C7H10BrNS/c1-6(3-8)2-7-4-9-5-10-7/h4-6H,2-3H2,1H3. The molecular weight excluding hydrogens is 210 g/mol. The van der Waals surface area contributed by atoms with E-state index in [0.29, 0.717) is 0 Å². The third-order valence-corrected chi connectivity index (χ3v) is 3.20. The number of aromatic nitrogens is 1. The Morgan fingerprint density at radius 1 is 1.80 bits per heavy atom. The van der Waals surface area contributed by atoms with Crippen LogP contribution in [0.25, 0.3) is 0 Å². The zero-order valence-corrected chi connectivity index (χ0v) is 8.28. The summed E-state index contributed by atoms with van der Waals surface area (Å²) in [5.41, 5.74) is 1.89. The Hall–Kier alpha value is 0.110. The summed E-state index contributed by atoms with van der Waals surface area (Å²) in [6, 6.07) is 0. The molecule has 0 aliphatic carbocycles. The van der Waals surface area contributed by atoms with E-state index in [4.69, 9.17) is 0 Å². The van der Waals surface area contributed by atoms with Crippen molar-refractivity contribution in [2.75, 3.05) is 5.33 Å². The highest BCUT2D eigenvalue weighted by atomic mass is 79.9. The molecule has 1 unspecified atom stereocenters. The van der Waals surface area contributed by atoms with E-state index in [0.717, 1.165) is 17.7 Å². The van der Waals surface area contributed by atoms with Gasteiger partial charge in [-0.15, -0.1) is 11.3 Å². The maximum Gasteiger partial charge on any atom is 0.0794 e. The van der Waals surface area contributed by atoms with E-state index >= 15 is 0 Å². The monoisotopic (exact) mass is 219 g/mol. The summed E-state index contributed by atoms with van der Waals surface area (Å²) in [4.78, 5) is 5.39. The van der Waals surface area contributed by atoms with Crippen molar-refractivity contribution in [3.05, 3.63) is 16.6 Å². The lowest BCUT2D eigenvalue weighted by Gasteiger charge is -2.02. The quantitative estimate of drug-likeness (QED) is 0.713. The van der Waals surface area contributed by atoms with Crippen molar-refractivity contribution in [2.45, 2.75) is 13.3 Å². The Morgan fingerprint density at radius 3 is 3.10 bits per heavy atom. The topological polar surface area (TPSA) is 12.9 Å². The maximum absolute atomic E-state index is 4.01. The maximum atomic E-state index is 4.01. The second-order valence-corrected chi connectivity index (χ2v) is 4.05. The number of rotatable bonds is 3. The summed E-state index contributed by atoms with van der Waals surface area (Å²) in [7, 11) is 0. The second kappa shape index (κ2) is 4.09. The van der Waals surface area contributed by atoms with Crippen LogP contribution in [0.2, 0.25) is 0 Å². The first-order valence-corrected chi connectivity index (χ1v) is 5.26. The van der Waals surface area contributed by atoms with Gasteiger partial charge in [0.1, 0.15) is 0 Å². The summed E-state index contributed by atoms with van der Waals surface area (Å²) < 4.78 is 0. The molecule has 10 heavy (non-hydrogen) atoms. The highest BCUT2D eigenvalue weighted by molar-refractivity contribution is 9.09. The number of alkyl halides is 1. The molecule has 1 heterocycles. The largest absolute Gasteiger partial charge is 0.253 e. The highest BCUT2D eigenvalue weighted by Crippen LogP contribution is 2.13. The molecule has 0 saturated heterocycles. The molecule has 1 aromatic rings. The zero-order valence-electron chi connectivity index (χ0n) is 5.88.